The molecule has 0 amide bonds. The van der Waals surface area contributed by atoms with Crippen LogP contribution in [-0.2, 0) is 9.47 Å². The zero-order valence-electron chi connectivity index (χ0n) is 14.4. The molecule has 1 aromatic carbocycles. The van der Waals surface area contributed by atoms with Crippen molar-refractivity contribution >= 4 is 17.3 Å². The third-order valence-corrected chi connectivity index (χ3v) is 5.24. The van der Waals surface area contributed by atoms with E-state index in [4.69, 9.17) is 9.47 Å². The van der Waals surface area contributed by atoms with Gasteiger partial charge in [-0.3, -0.25) is 0 Å². The molecule has 2 heterocycles. The Morgan fingerprint density at radius 2 is 1.85 bits per heavy atom. The van der Waals surface area contributed by atoms with E-state index < -0.39 is 43.3 Å². The number of hydrogen-bond acceptors (Lipinski definition) is 9. The number of carbonyl (C=O) groups is 1. The zero-order valence-corrected chi connectivity index (χ0v) is 15.2. The van der Waals surface area contributed by atoms with E-state index in [2.05, 4.69) is 4.74 Å². The minimum atomic E-state index is -1.50. The van der Waals surface area contributed by atoms with E-state index in [1.165, 1.54) is 18.4 Å². The molecule has 0 spiro atoms. The van der Waals surface area contributed by atoms with E-state index in [1.807, 2.05) is 0 Å². The molecule has 27 heavy (non-hydrogen) atoms. The van der Waals surface area contributed by atoms with E-state index >= 15 is 0 Å². The van der Waals surface area contributed by atoms with E-state index in [9.17, 15) is 25.2 Å². The summed E-state index contributed by atoms with van der Waals surface area (Å²) in [5, 5.41) is 40.5. The number of esters is 1. The number of carbonyl (C=O) groups excluding carboxylic acids is 1. The van der Waals surface area contributed by atoms with Crippen LogP contribution in [0.1, 0.15) is 10.4 Å². The maximum Gasteiger partial charge on any atom is 0.338 e. The van der Waals surface area contributed by atoms with E-state index in [1.54, 1.807) is 35.7 Å². The molecule has 8 nitrogen and oxygen atoms in total. The minimum absolute atomic E-state index is 0.368. The lowest BCUT2D eigenvalue weighted by molar-refractivity contribution is -0.277. The summed E-state index contributed by atoms with van der Waals surface area (Å²) in [7, 11) is 1.32. The fraction of sp³-hybridized carbons (Fsp3) is 0.389. The van der Waals surface area contributed by atoms with Crippen molar-refractivity contribution in [3.05, 3.63) is 41.3 Å². The fourth-order valence-corrected chi connectivity index (χ4v) is 3.59. The van der Waals surface area contributed by atoms with Crippen LogP contribution >= 0.6 is 11.3 Å². The molecule has 5 atom stereocenters. The molecule has 4 N–H and O–H groups in total. The van der Waals surface area contributed by atoms with Crippen LogP contribution in [0, 0.1) is 0 Å². The number of aliphatic hydroxyl groups is 4. The highest BCUT2D eigenvalue weighted by molar-refractivity contribution is 7.13. The van der Waals surface area contributed by atoms with Gasteiger partial charge in [-0.1, -0.05) is 0 Å². The van der Waals surface area contributed by atoms with Crippen molar-refractivity contribution in [2.24, 2.45) is 0 Å². The molecule has 1 aromatic heterocycles. The predicted molar refractivity (Wildman–Crippen MR) is 95.5 cm³/mol. The minimum Gasteiger partial charge on any atom is -0.465 e. The fourth-order valence-electron chi connectivity index (χ4n) is 2.71. The molecule has 3 rings (SSSR count). The predicted octanol–water partition coefficient (Wildman–Crippen LogP) is 0.380. The quantitative estimate of drug-likeness (QED) is 0.535. The number of benzene rings is 1. The van der Waals surface area contributed by atoms with Gasteiger partial charge >= 0.3 is 5.97 Å². The van der Waals surface area contributed by atoms with Gasteiger partial charge < -0.3 is 34.6 Å². The number of hydrogen-bond donors (Lipinski definition) is 4. The van der Waals surface area contributed by atoms with Gasteiger partial charge in [-0.25, -0.2) is 4.79 Å². The van der Waals surface area contributed by atoms with Crippen LogP contribution in [0.2, 0.25) is 0 Å². The van der Waals surface area contributed by atoms with Crippen LogP contribution in [0.15, 0.2) is 35.7 Å². The van der Waals surface area contributed by atoms with E-state index in [0.29, 0.717) is 11.3 Å². The molecule has 1 aliphatic heterocycles. The van der Waals surface area contributed by atoms with Gasteiger partial charge in [0.15, 0.2) is 0 Å². The summed E-state index contributed by atoms with van der Waals surface area (Å²) >= 11 is 1.40. The van der Waals surface area contributed by atoms with Gasteiger partial charge in [-0.15, -0.1) is 11.3 Å². The van der Waals surface area contributed by atoms with Crippen LogP contribution in [0.4, 0.5) is 0 Å². The van der Waals surface area contributed by atoms with Gasteiger partial charge in [-0.05, 0) is 35.9 Å². The Hall–Kier alpha value is -2.01. The SMILES string of the molecule is COC(=O)c1csc(-c2ccc(O[C@H]3O[C@H](CO)[C@@H](O)[C@@H](O)[C@H]3O)cc2)c1. The van der Waals surface area contributed by atoms with Crippen LogP contribution in [0.25, 0.3) is 10.4 Å². The maximum absolute atomic E-state index is 11.5. The van der Waals surface area contributed by atoms with Crippen LogP contribution in [0.3, 0.4) is 0 Å². The number of thiophene rings is 1. The second-order valence-electron chi connectivity index (χ2n) is 6.03. The first-order chi connectivity index (χ1) is 12.9. The first-order valence-electron chi connectivity index (χ1n) is 8.19. The molecule has 9 heteroatoms. The molecule has 0 bridgehead atoms. The number of methoxy groups -OCH3 is 1. The lowest BCUT2D eigenvalue weighted by atomic mass is 9.99. The summed E-state index contributed by atoms with van der Waals surface area (Å²) in [5.74, 6) is -0.0344. The lowest BCUT2D eigenvalue weighted by Crippen LogP contribution is -2.60. The largest absolute Gasteiger partial charge is 0.465 e. The summed E-state index contributed by atoms with van der Waals surface area (Å²) in [6, 6.07) is 8.56. The summed E-state index contributed by atoms with van der Waals surface area (Å²) in [4.78, 5) is 12.4. The summed E-state index contributed by atoms with van der Waals surface area (Å²) in [6.45, 7) is -0.523. The monoisotopic (exact) mass is 396 g/mol. The highest BCUT2D eigenvalue weighted by Gasteiger charge is 2.44. The first-order valence-corrected chi connectivity index (χ1v) is 9.07. The smallest absolute Gasteiger partial charge is 0.338 e. The van der Waals surface area contributed by atoms with Crippen molar-refractivity contribution in [3.63, 3.8) is 0 Å². The molecular weight excluding hydrogens is 376 g/mol. The van der Waals surface area contributed by atoms with Crippen molar-refractivity contribution in [2.75, 3.05) is 13.7 Å². The zero-order chi connectivity index (χ0) is 19.6. The standard InChI is InChI=1S/C18H20O8S/c1-24-17(23)10-6-13(27-8-10)9-2-4-11(5-3-9)25-18-16(22)15(21)14(20)12(7-19)26-18/h2-6,8,12,14-16,18-22H,7H2,1H3/t12-,14-,15-,16-,18+/m1/s1. The maximum atomic E-state index is 11.5. The van der Waals surface area contributed by atoms with Crippen molar-refractivity contribution in [1.29, 1.82) is 0 Å². The average molecular weight is 396 g/mol. The number of rotatable bonds is 5. The molecule has 1 aliphatic rings. The Morgan fingerprint density at radius 3 is 2.48 bits per heavy atom. The van der Waals surface area contributed by atoms with Gasteiger partial charge in [0.1, 0.15) is 30.2 Å². The highest BCUT2D eigenvalue weighted by atomic mass is 32.1. The van der Waals surface area contributed by atoms with Gasteiger partial charge in [0.25, 0.3) is 0 Å². The average Bonchev–Trinajstić information content (AvgIpc) is 3.18. The van der Waals surface area contributed by atoms with Crippen molar-refractivity contribution in [2.45, 2.75) is 30.7 Å². The Balaban J connectivity index is 1.70. The molecule has 146 valence electrons. The van der Waals surface area contributed by atoms with Gasteiger partial charge in [-0.2, -0.15) is 0 Å². The van der Waals surface area contributed by atoms with Gasteiger partial charge in [0, 0.05) is 10.3 Å². The third-order valence-electron chi connectivity index (χ3n) is 4.26. The Bertz CT molecular complexity index is 772. The highest BCUT2D eigenvalue weighted by Crippen LogP contribution is 2.30. The molecule has 2 aromatic rings. The van der Waals surface area contributed by atoms with Crippen molar-refractivity contribution in [1.82, 2.24) is 0 Å². The first kappa shape index (κ1) is 19.7. The Kier molecular flexibility index (Phi) is 6.10. The van der Waals surface area contributed by atoms with Crippen LogP contribution in [-0.4, -0.2) is 70.8 Å². The molecule has 1 saturated heterocycles. The molecule has 0 radical (unpaired) electrons. The topological polar surface area (TPSA) is 126 Å². The molecule has 0 unspecified atom stereocenters. The van der Waals surface area contributed by atoms with Gasteiger partial charge in [0.2, 0.25) is 6.29 Å². The van der Waals surface area contributed by atoms with Gasteiger partial charge in [0.05, 0.1) is 19.3 Å². The number of aliphatic hydroxyl groups excluding tert-OH is 4. The van der Waals surface area contributed by atoms with Crippen molar-refractivity contribution < 1.29 is 39.4 Å². The second-order valence-corrected chi connectivity index (χ2v) is 6.94. The molecule has 0 saturated carbocycles. The van der Waals surface area contributed by atoms with Crippen molar-refractivity contribution in [3.8, 4) is 16.2 Å². The Morgan fingerprint density at radius 1 is 1.15 bits per heavy atom. The number of ether oxygens (including phenoxy) is 3. The normalized spacial score (nSPS) is 28.0. The third kappa shape index (κ3) is 4.13. The lowest BCUT2D eigenvalue weighted by Gasteiger charge is -2.39. The van der Waals surface area contributed by atoms with E-state index in [0.717, 1.165) is 10.4 Å². The van der Waals surface area contributed by atoms with Crippen LogP contribution in [0.5, 0.6) is 5.75 Å². The summed E-state index contributed by atoms with van der Waals surface area (Å²) < 4.78 is 15.5. The summed E-state index contributed by atoms with van der Waals surface area (Å²) in [5.41, 5.74) is 1.33. The molecule has 0 aliphatic carbocycles. The van der Waals surface area contributed by atoms with Crippen LogP contribution < -0.4 is 4.74 Å². The van der Waals surface area contributed by atoms with E-state index in [-0.39, 0.29) is 0 Å². The molecule has 1 fully saturated rings. The second kappa shape index (κ2) is 8.34. The summed E-state index contributed by atoms with van der Waals surface area (Å²) in [6.07, 6.45) is -6.67. The Labute approximate surface area is 159 Å². The molecular formula is C18H20O8S.